The van der Waals surface area contributed by atoms with E-state index in [1.165, 1.54) is 19.2 Å². The monoisotopic (exact) mass is 512 g/mol. The standard InChI is InChI=1S/C24H24N4O7S/c1-33-22-12-15(2-5-18(22)21-7-4-17(14-29)35-21)25-24(36)26-23(30)19-13-16(28(31)32)3-6-20(19)27-8-10-34-11-9-27/h2-7,12-13,29H,8-11,14H2,1H3,(H2,25,26,30,36). The molecule has 1 aromatic heterocycles. The van der Waals surface area contributed by atoms with Gasteiger partial charge in [-0.1, -0.05) is 0 Å². The van der Waals surface area contributed by atoms with Gasteiger partial charge in [0.2, 0.25) is 0 Å². The number of carbonyl (C=O) groups excluding carboxylic acids is 1. The molecule has 2 aromatic carbocycles. The van der Waals surface area contributed by atoms with Crippen LogP contribution in [0.25, 0.3) is 11.3 Å². The molecule has 1 fully saturated rings. The molecule has 1 aliphatic rings. The van der Waals surface area contributed by atoms with Gasteiger partial charge >= 0.3 is 0 Å². The Morgan fingerprint density at radius 1 is 1.19 bits per heavy atom. The number of non-ortho nitro benzene ring substituents is 1. The van der Waals surface area contributed by atoms with E-state index in [-0.39, 0.29) is 23.0 Å². The fraction of sp³-hybridized carbons (Fsp3) is 0.250. The summed E-state index contributed by atoms with van der Waals surface area (Å²) < 4.78 is 16.4. The van der Waals surface area contributed by atoms with Gasteiger partial charge in [0.05, 0.1) is 42.1 Å². The SMILES string of the molecule is COc1cc(NC(=S)NC(=O)c2cc([N+](=O)[O-])ccc2N2CCOCC2)ccc1-c1ccc(CO)o1. The number of hydrogen-bond donors (Lipinski definition) is 3. The number of nitrogens with one attached hydrogen (secondary N) is 2. The summed E-state index contributed by atoms with van der Waals surface area (Å²) in [6, 6.07) is 12.7. The molecule has 0 radical (unpaired) electrons. The van der Waals surface area contributed by atoms with Crippen LogP contribution in [-0.2, 0) is 11.3 Å². The minimum absolute atomic E-state index is 0.00908. The maximum atomic E-state index is 13.1. The highest BCUT2D eigenvalue weighted by Crippen LogP contribution is 2.34. The number of anilines is 2. The van der Waals surface area contributed by atoms with Crippen LogP contribution >= 0.6 is 12.2 Å². The van der Waals surface area contributed by atoms with Gasteiger partial charge in [0.1, 0.15) is 23.9 Å². The lowest BCUT2D eigenvalue weighted by molar-refractivity contribution is -0.384. The van der Waals surface area contributed by atoms with Crippen LogP contribution in [0.5, 0.6) is 5.75 Å². The lowest BCUT2D eigenvalue weighted by Crippen LogP contribution is -2.39. The number of nitrogens with zero attached hydrogens (tertiary/aromatic N) is 2. The van der Waals surface area contributed by atoms with E-state index in [0.717, 1.165) is 0 Å². The first-order chi connectivity index (χ1) is 17.4. The van der Waals surface area contributed by atoms with Gasteiger partial charge in [-0.05, 0) is 42.5 Å². The summed E-state index contributed by atoms with van der Waals surface area (Å²) in [4.78, 5) is 25.8. The number of aliphatic hydroxyl groups excluding tert-OH is 1. The number of aliphatic hydroxyl groups is 1. The fourth-order valence-corrected chi connectivity index (χ4v) is 4.02. The third kappa shape index (κ3) is 5.62. The molecule has 1 amide bonds. The van der Waals surface area contributed by atoms with E-state index in [1.54, 1.807) is 36.4 Å². The van der Waals surface area contributed by atoms with E-state index < -0.39 is 10.8 Å². The molecule has 36 heavy (non-hydrogen) atoms. The average molecular weight is 513 g/mol. The molecule has 3 N–H and O–H groups in total. The van der Waals surface area contributed by atoms with E-state index in [1.807, 2.05) is 4.90 Å². The number of rotatable bonds is 7. The number of thiocarbonyl (C=S) groups is 1. The number of hydrogen-bond acceptors (Lipinski definition) is 9. The molecule has 0 aliphatic carbocycles. The Bertz CT molecular complexity index is 1290. The summed E-state index contributed by atoms with van der Waals surface area (Å²) in [5.74, 6) is 0.866. The molecule has 2 heterocycles. The average Bonchev–Trinajstić information content (AvgIpc) is 3.37. The number of furan rings is 1. The van der Waals surface area contributed by atoms with Gasteiger partial charge in [-0.25, -0.2) is 0 Å². The van der Waals surface area contributed by atoms with Crippen LogP contribution in [0.3, 0.4) is 0 Å². The van der Waals surface area contributed by atoms with Gasteiger partial charge in [-0.15, -0.1) is 0 Å². The van der Waals surface area contributed by atoms with Crippen molar-refractivity contribution in [3.8, 4) is 17.1 Å². The first-order valence-corrected chi connectivity index (χ1v) is 11.4. The van der Waals surface area contributed by atoms with Gasteiger partial charge < -0.3 is 29.2 Å². The molecule has 1 saturated heterocycles. The smallest absolute Gasteiger partial charge is 0.270 e. The lowest BCUT2D eigenvalue weighted by Gasteiger charge is -2.30. The normalized spacial score (nSPS) is 13.2. The van der Waals surface area contributed by atoms with Crippen molar-refractivity contribution in [1.29, 1.82) is 0 Å². The highest BCUT2D eigenvalue weighted by Gasteiger charge is 2.23. The molecule has 3 aromatic rings. The fourth-order valence-electron chi connectivity index (χ4n) is 3.81. The number of morpholine rings is 1. The highest BCUT2D eigenvalue weighted by molar-refractivity contribution is 7.80. The molecule has 12 heteroatoms. The maximum absolute atomic E-state index is 13.1. The predicted octanol–water partition coefficient (Wildman–Crippen LogP) is 3.32. The molecule has 11 nitrogen and oxygen atoms in total. The Morgan fingerprint density at radius 3 is 2.64 bits per heavy atom. The van der Waals surface area contributed by atoms with Crippen molar-refractivity contribution >= 4 is 40.3 Å². The van der Waals surface area contributed by atoms with Crippen LogP contribution in [-0.4, -0.2) is 54.5 Å². The summed E-state index contributed by atoms with van der Waals surface area (Å²) in [6.45, 7) is 1.89. The minimum Gasteiger partial charge on any atom is -0.496 e. The van der Waals surface area contributed by atoms with Crippen LogP contribution < -0.4 is 20.3 Å². The van der Waals surface area contributed by atoms with Gasteiger partial charge in [0.15, 0.2) is 5.11 Å². The summed E-state index contributed by atoms with van der Waals surface area (Å²) in [5.41, 5.74) is 1.72. The summed E-state index contributed by atoms with van der Waals surface area (Å²) >= 11 is 5.32. The van der Waals surface area contributed by atoms with Crippen molar-refractivity contribution in [3.05, 3.63) is 70.0 Å². The minimum atomic E-state index is -0.576. The first kappa shape index (κ1) is 25.1. The lowest BCUT2D eigenvalue weighted by atomic mass is 10.1. The van der Waals surface area contributed by atoms with Crippen LogP contribution in [0.4, 0.5) is 17.1 Å². The van der Waals surface area contributed by atoms with Crippen molar-refractivity contribution in [2.24, 2.45) is 0 Å². The van der Waals surface area contributed by atoms with Crippen molar-refractivity contribution in [2.45, 2.75) is 6.61 Å². The maximum Gasteiger partial charge on any atom is 0.270 e. The molecule has 0 saturated carbocycles. The summed E-state index contributed by atoms with van der Waals surface area (Å²) in [6.07, 6.45) is 0. The molecule has 188 valence electrons. The summed E-state index contributed by atoms with van der Waals surface area (Å²) in [7, 11) is 1.51. The number of benzene rings is 2. The third-order valence-electron chi connectivity index (χ3n) is 5.56. The van der Waals surface area contributed by atoms with E-state index in [9.17, 15) is 20.0 Å². The number of nitro groups is 1. The second-order valence-corrected chi connectivity index (χ2v) is 8.21. The topological polar surface area (TPSA) is 139 Å². The van der Waals surface area contributed by atoms with Crippen LogP contribution in [0.1, 0.15) is 16.1 Å². The van der Waals surface area contributed by atoms with Gasteiger partial charge in [-0.2, -0.15) is 0 Å². The van der Waals surface area contributed by atoms with E-state index in [4.69, 9.17) is 26.1 Å². The van der Waals surface area contributed by atoms with E-state index >= 15 is 0 Å². The molecular formula is C24H24N4O7S. The van der Waals surface area contributed by atoms with Crippen LogP contribution in [0.15, 0.2) is 52.9 Å². The quantitative estimate of drug-likeness (QED) is 0.245. The number of carbonyl (C=O) groups is 1. The summed E-state index contributed by atoms with van der Waals surface area (Å²) in [5, 5.41) is 26.1. The van der Waals surface area contributed by atoms with Crippen molar-refractivity contribution in [1.82, 2.24) is 5.32 Å². The van der Waals surface area contributed by atoms with Gasteiger partial charge in [-0.3, -0.25) is 20.2 Å². The third-order valence-corrected chi connectivity index (χ3v) is 5.76. The number of methoxy groups -OCH3 is 1. The zero-order valence-electron chi connectivity index (χ0n) is 19.4. The molecule has 4 rings (SSSR count). The predicted molar refractivity (Wildman–Crippen MR) is 136 cm³/mol. The van der Waals surface area contributed by atoms with Crippen LogP contribution in [0.2, 0.25) is 0 Å². The van der Waals surface area contributed by atoms with Gasteiger partial charge in [0.25, 0.3) is 11.6 Å². The Hall–Kier alpha value is -4.00. The van der Waals surface area contributed by atoms with E-state index in [2.05, 4.69) is 10.6 Å². The van der Waals surface area contributed by atoms with Crippen molar-refractivity contribution < 1.29 is 28.7 Å². The first-order valence-electron chi connectivity index (χ1n) is 11.0. The Balaban J connectivity index is 1.51. The molecule has 1 aliphatic heterocycles. The molecule has 0 unspecified atom stereocenters. The zero-order chi connectivity index (χ0) is 25.7. The second kappa shape index (κ2) is 11.2. The Kier molecular flexibility index (Phi) is 7.78. The number of nitro benzene ring substituents is 1. The molecule has 0 atom stereocenters. The Morgan fingerprint density at radius 2 is 1.97 bits per heavy atom. The second-order valence-electron chi connectivity index (χ2n) is 7.81. The number of ether oxygens (including phenoxy) is 2. The van der Waals surface area contributed by atoms with Gasteiger partial charge in [0, 0.05) is 37.0 Å². The van der Waals surface area contributed by atoms with E-state index in [0.29, 0.717) is 60.5 Å². The Labute approximate surface area is 211 Å². The van der Waals surface area contributed by atoms with Crippen molar-refractivity contribution in [3.63, 3.8) is 0 Å². The molecular weight excluding hydrogens is 488 g/mol. The largest absolute Gasteiger partial charge is 0.496 e. The zero-order valence-corrected chi connectivity index (χ0v) is 20.2. The number of amides is 1. The molecule has 0 bridgehead atoms. The highest BCUT2D eigenvalue weighted by atomic mass is 32.1. The molecule has 0 spiro atoms. The van der Waals surface area contributed by atoms with Crippen LogP contribution in [0, 0.1) is 10.1 Å². The van der Waals surface area contributed by atoms with Crippen molar-refractivity contribution in [2.75, 3.05) is 43.6 Å².